The molecule has 2 rings (SSSR count). The Hall–Kier alpha value is -3.44. The summed E-state index contributed by atoms with van der Waals surface area (Å²) in [5, 5.41) is 27.1. The molecule has 2 aromatic rings. The number of carbonyl (C=O) groups is 4. The molecule has 4 atom stereocenters. The largest absolute Gasteiger partial charge is 0.480 e. The summed E-state index contributed by atoms with van der Waals surface area (Å²) in [6, 6.07) is 2.82. The number of hydrogen-bond donors (Lipinski definition) is 7. The minimum atomic E-state index is -1.40. The van der Waals surface area contributed by atoms with Crippen molar-refractivity contribution in [1.82, 2.24) is 20.9 Å². The number of benzene rings is 1. The average Bonchev–Trinajstić information content (AvgIpc) is 3.18. The molecule has 0 aliphatic heterocycles. The molecule has 8 N–H and O–H groups in total. The van der Waals surface area contributed by atoms with E-state index in [1.54, 1.807) is 20.0 Å². The predicted octanol–water partition coefficient (Wildman–Crippen LogP) is -0.755. The van der Waals surface area contributed by atoms with E-state index in [1.807, 2.05) is 24.3 Å². The van der Waals surface area contributed by atoms with Crippen LogP contribution in [-0.4, -0.2) is 69.7 Å². The van der Waals surface area contributed by atoms with Gasteiger partial charge in [-0.25, -0.2) is 4.79 Å². The van der Waals surface area contributed by atoms with E-state index in [2.05, 4.69) is 20.9 Å². The second-order valence-electron chi connectivity index (χ2n) is 8.21. The fraction of sp³-hybridized carbons (Fsp3) is 0.455. The first-order chi connectivity index (χ1) is 15.5. The van der Waals surface area contributed by atoms with E-state index in [1.165, 1.54) is 6.92 Å². The van der Waals surface area contributed by atoms with Gasteiger partial charge in [0.1, 0.15) is 18.1 Å². The number of nitrogens with one attached hydrogen (secondary N) is 4. The van der Waals surface area contributed by atoms with Gasteiger partial charge in [-0.2, -0.15) is 0 Å². The van der Waals surface area contributed by atoms with E-state index < -0.39 is 54.5 Å². The molecule has 0 bridgehead atoms. The van der Waals surface area contributed by atoms with Crippen LogP contribution in [0.4, 0.5) is 0 Å². The summed E-state index contributed by atoms with van der Waals surface area (Å²) in [7, 11) is 0. The van der Waals surface area contributed by atoms with Crippen LogP contribution in [0.3, 0.4) is 0 Å². The Bertz CT molecular complexity index is 1000. The Morgan fingerprint density at radius 2 is 1.61 bits per heavy atom. The molecule has 11 nitrogen and oxygen atoms in total. The number of H-pyrrole nitrogens is 1. The van der Waals surface area contributed by atoms with Crippen molar-refractivity contribution < 1.29 is 29.4 Å². The Kier molecular flexibility index (Phi) is 8.94. The monoisotopic (exact) mass is 461 g/mol. The molecule has 1 aromatic heterocycles. The molecule has 1 heterocycles. The lowest BCUT2D eigenvalue weighted by Gasteiger charge is -2.23. The maximum atomic E-state index is 12.6. The SMILES string of the molecule is CC(NC(=O)C(N)C(C)C)C(=O)NC(CO)C(=O)NC(Cc1c[nH]c2ccccc12)C(=O)O. The Labute approximate surface area is 191 Å². The molecule has 0 aliphatic carbocycles. The van der Waals surface area contributed by atoms with Gasteiger partial charge in [-0.3, -0.25) is 14.4 Å². The predicted molar refractivity (Wildman–Crippen MR) is 121 cm³/mol. The lowest BCUT2D eigenvalue weighted by molar-refractivity contribution is -0.142. The summed E-state index contributed by atoms with van der Waals surface area (Å²) in [4.78, 5) is 51.8. The number of carboxylic acid groups (broad SMARTS) is 1. The molecule has 33 heavy (non-hydrogen) atoms. The van der Waals surface area contributed by atoms with Crippen LogP contribution in [0.25, 0.3) is 10.9 Å². The number of para-hydroxylation sites is 1. The highest BCUT2D eigenvalue weighted by atomic mass is 16.4. The van der Waals surface area contributed by atoms with Crippen LogP contribution >= 0.6 is 0 Å². The van der Waals surface area contributed by atoms with Crippen molar-refractivity contribution in [2.75, 3.05) is 6.61 Å². The number of aliphatic hydroxyl groups is 1. The lowest BCUT2D eigenvalue weighted by Crippen LogP contribution is -2.57. The molecule has 1 aromatic carbocycles. The highest BCUT2D eigenvalue weighted by Crippen LogP contribution is 2.19. The fourth-order valence-corrected chi connectivity index (χ4v) is 3.16. The van der Waals surface area contributed by atoms with Crippen LogP contribution in [0, 0.1) is 5.92 Å². The first-order valence-corrected chi connectivity index (χ1v) is 10.6. The number of aromatic nitrogens is 1. The molecule has 3 amide bonds. The van der Waals surface area contributed by atoms with Crippen LogP contribution in [0.1, 0.15) is 26.3 Å². The van der Waals surface area contributed by atoms with Crippen molar-refractivity contribution in [2.45, 2.75) is 51.4 Å². The standard InChI is InChI=1S/C22H31N5O6/c1-11(2)18(23)21(31)25-12(3)19(29)27-17(10-28)20(30)26-16(22(32)33)8-13-9-24-15-7-5-4-6-14(13)15/h4-7,9,11-12,16-18,24,28H,8,10,23H2,1-3H3,(H,25,31)(H,26,30)(H,27,29)(H,32,33). The number of rotatable bonds is 11. The summed E-state index contributed by atoms with van der Waals surface area (Å²) in [5.41, 5.74) is 7.28. The van der Waals surface area contributed by atoms with Gasteiger partial charge < -0.3 is 36.9 Å². The molecule has 11 heteroatoms. The number of hydrogen-bond acceptors (Lipinski definition) is 6. The molecule has 0 spiro atoms. The lowest BCUT2D eigenvalue weighted by atomic mass is 10.0. The van der Waals surface area contributed by atoms with Crippen molar-refractivity contribution in [3.05, 3.63) is 36.0 Å². The van der Waals surface area contributed by atoms with Crippen molar-refractivity contribution in [1.29, 1.82) is 0 Å². The van der Waals surface area contributed by atoms with Crippen LogP contribution in [-0.2, 0) is 25.6 Å². The number of fused-ring (bicyclic) bond motifs is 1. The van der Waals surface area contributed by atoms with Gasteiger partial charge in [-0.05, 0) is 24.5 Å². The normalized spacial score (nSPS) is 14.8. The highest BCUT2D eigenvalue weighted by Gasteiger charge is 2.29. The Balaban J connectivity index is 2.01. The van der Waals surface area contributed by atoms with Crippen molar-refractivity contribution in [2.24, 2.45) is 11.7 Å². The van der Waals surface area contributed by atoms with Crippen molar-refractivity contribution in [3.63, 3.8) is 0 Å². The zero-order valence-electron chi connectivity index (χ0n) is 18.8. The van der Waals surface area contributed by atoms with Crippen LogP contribution < -0.4 is 21.7 Å². The molecule has 4 unspecified atom stereocenters. The van der Waals surface area contributed by atoms with Gasteiger partial charge in [0.05, 0.1) is 12.6 Å². The molecular weight excluding hydrogens is 430 g/mol. The quantitative estimate of drug-likeness (QED) is 0.229. The summed E-state index contributed by atoms with van der Waals surface area (Å²) in [6.45, 7) is 4.17. The summed E-state index contributed by atoms with van der Waals surface area (Å²) < 4.78 is 0. The van der Waals surface area contributed by atoms with E-state index in [0.29, 0.717) is 5.56 Å². The summed E-state index contributed by atoms with van der Waals surface area (Å²) in [5.74, 6) is -3.52. The maximum absolute atomic E-state index is 12.6. The van der Waals surface area contributed by atoms with Gasteiger partial charge >= 0.3 is 5.97 Å². The zero-order valence-corrected chi connectivity index (χ0v) is 18.8. The van der Waals surface area contributed by atoms with Crippen molar-refractivity contribution in [3.8, 4) is 0 Å². The van der Waals surface area contributed by atoms with E-state index in [0.717, 1.165) is 10.9 Å². The number of carboxylic acids is 1. The van der Waals surface area contributed by atoms with Gasteiger partial charge in [-0.15, -0.1) is 0 Å². The molecule has 0 aliphatic rings. The Morgan fingerprint density at radius 3 is 2.21 bits per heavy atom. The Morgan fingerprint density at radius 1 is 0.970 bits per heavy atom. The van der Waals surface area contributed by atoms with E-state index >= 15 is 0 Å². The first kappa shape index (κ1) is 25.8. The molecular formula is C22H31N5O6. The third-order valence-electron chi connectivity index (χ3n) is 5.30. The van der Waals surface area contributed by atoms with Crippen LogP contribution in [0.2, 0.25) is 0 Å². The maximum Gasteiger partial charge on any atom is 0.326 e. The second-order valence-corrected chi connectivity index (χ2v) is 8.21. The average molecular weight is 462 g/mol. The zero-order chi connectivity index (χ0) is 24.7. The first-order valence-electron chi connectivity index (χ1n) is 10.6. The van der Waals surface area contributed by atoms with Crippen LogP contribution in [0.5, 0.6) is 0 Å². The molecule has 0 saturated carbocycles. The summed E-state index contributed by atoms with van der Waals surface area (Å²) in [6.07, 6.45) is 1.67. The smallest absolute Gasteiger partial charge is 0.326 e. The van der Waals surface area contributed by atoms with Gasteiger partial charge in [0.2, 0.25) is 17.7 Å². The van der Waals surface area contributed by atoms with E-state index in [-0.39, 0.29) is 12.3 Å². The number of nitrogens with two attached hydrogens (primary N) is 1. The molecule has 0 radical (unpaired) electrons. The third kappa shape index (κ3) is 6.77. The molecule has 180 valence electrons. The second kappa shape index (κ2) is 11.4. The minimum absolute atomic E-state index is 0.00324. The van der Waals surface area contributed by atoms with Gasteiger partial charge in [-0.1, -0.05) is 32.0 Å². The highest BCUT2D eigenvalue weighted by molar-refractivity contribution is 5.94. The van der Waals surface area contributed by atoms with E-state index in [9.17, 15) is 29.4 Å². The number of carbonyl (C=O) groups excluding carboxylic acids is 3. The van der Waals surface area contributed by atoms with E-state index in [4.69, 9.17) is 5.73 Å². The van der Waals surface area contributed by atoms with Gasteiger partial charge in [0, 0.05) is 23.5 Å². The number of aromatic amines is 1. The minimum Gasteiger partial charge on any atom is -0.480 e. The summed E-state index contributed by atoms with van der Waals surface area (Å²) >= 11 is 0. The van der Waals surface area contributed by atoms with Crippen LogP contribution in [0.15, 0.2) is 30.5 Å². The fourth-order valence-electron chi connectivity index (χ4n) is 3.16. The molecule has 0 fully saturated rings. The molecule has 0 saturated heterocycles. The van der Waals surface area contributed by atoms with Crippen molar-refractivity contribution >= 4 is 34.6 Å². The number of aliphatic carboxylic acids is 1. The topological polar surface area (TPSA) is 187 Å². The van der Waals surface area contributed by atoms with Gasteiger partial charge in [0.25, 0.3) is 0 Å². The van der Waals surface area contributed by atoms with Gasteiger partial charge in [0.15, 0.2) is 0 Å². The number of aliphatic hydroxyl groups excluding tert-OH is 1. The third-order valence-corrected chi connectivity index (χ3v) is 5.30. The number of amides is 3.